The van der Waals surface area contributed by atoms with Crippen LogP contribution in [0.15, 0.2) is 30.3 Å². The van der Waals surface area contributed by atoms with Gasteiger partial charge in [-0.2, -0.15) is 5.10 Å². The van der Waals surface area contributed by atoms with Gasteiger partial charge < -0.3 is 21.7 Å². The molecule has 0 radical (unpaired) electrons. The number of nitrogens with zero attached hydrogens (tertiary/aromatic N) is 4. The Morgan fingerprint density at radius 3 is 2.55 bits per heavy atom. The van der Waals surface area contributed by atoms with Crippen LogP contribution in [0.4, 0.5) is 11.5 Å². The van der Waals surface area contributed by atoms with Crippen molar-refractivity contribution < 1.29 is 4.79 Å². The van der Waals surface area contributed by atoms with E-state index in [1.54, 1.807) is 4.68 Å². The minimum Gasteiger partial charge on any atom is -0.399 e. The highest BCUT2D eigenvalue weighted by molar-refractivity contribution is 6.01. The summed E-state index contributed by atoms with van der Waals surface area (Å²) >= 11 is 0. The highest BCUT2D eigenvalue weighted by Gasteiger charge is 2.53. The molecule has 1 aromatic carbocycles. The van der Waals surface area contributed by atoms with Crippen LogP contribution >= 0.6 is 0 Å². The van der Waals surface area contributed by atoms with Crippen molar-refractivity contribution in [3.05, 3.63) is 36.0 Å². The summed E-state index contributed by atoms with van der Waals surface area (Å²) in [6, 6.07) is 9.61. The zero-order valence-corrected chi connectivity index (χ0v) is 17.1. The first-order chi connectivity index (χ1) is 13.8. The lowest BCUT2D eigenvalue weighted by molar-refractivity contribution is -0.123. The molecule has 0 bridgehead atoms. The van der Waals surface area contributed by atoms with Gasteiger partial charge in [0.2, 0.25) is 5.91 Å². The number of nitrogen functional groups attached to an aromatic ring is 2. The standard InChI is InChI=1S/C21H27N7O/c1-27(2)11-10-24-20(29)21(8-9-21)16-12-15(13-4-6-14(22)7-5-13)17-18(23)26-28(3)19(17)25-16/h4-7,12H,8-11,22H2,1-3H3,(H2,23,26)(H,24,29). The molecule has 152 valence electrons. The van der Waals surface area contributed by atoms with E-state index in [0.29, 0.717) is 23.7 Å². The number of carbonyl (C=O) groups is 1. The summed E-state index contributed by atoms with van der Waals surface area (Å²) < 4.78 is 1.68. The van der Waals surface area contributed by atoms with E-state index >= 15 is 0 Å². The van der Waals surface area contributed by atoms with Crippen LogP contribution in [0.1, 0.15) is 18.5 Å². The summed E-state index contributed by atoms with van der Waals surface area (Å²) in [4.78, 5) is 19.9. The molecule has 1 amide bonds. The number of hydrogen-bond donors (Lipinski definition) is 3. The van der Waals surface area contributed by atoms with E-state index in [0.717, 1.165) is 41.6 Å². The molecule has 0 spiro atoms. The Bertz CT molecular complexity index is 1060. The summed E-state index contributed by atoms with van der Waals surface area (Å²) in [6.07, 6.45) is 1.57. The van der Waals surface area contributed by atoms with Crippen molar-refractivity contribution in [2.45, 2.75) is 18.3 Å². The van der Waals surface area contributed by atoms with Gasteiger partial charge in [-0.05, 0) is 56.3 Å². The summed E-state index contributed by atoms with van der Waals surface area (Å²) in [5.74, 6) is 0.457. The molecular weight excluding hydrogens is 366 g/mol. The van der Waals surface area contributed by atoms with Crippen LogP contribution in [0.5, 0.6) is 0 Å². The topological polar surface area (TPSA) is 115 Å². The third-order valence-corrected chi connectivity index (χ3v) is 5.56. The number of nitrogens with one attached hydrogen (secondary N) is 1. The van der Waals surface area contributed by atoms with E-state index in [1.165, 1.54) is 0 Å². The molecule has 29 heavy (non-hydrogen) atoms. The molecule has 8 heteroatoms. The predicted molar refractivity (Wildman–Crippen MR) is 115 cm³/mol. The van der Waals surface area contributed by atoms with Crippen molar-refractivity contribution in [1.82, 2.24) is 25.0 Å². The summed E-state index contributed by atoms with van der Waals surface area (Å²) in [7, 11) is 5.79. The van der Waals surface area contributed by atoms with E-state index in [1.807, 2.05) is 56.4 Å². The lowest BCUT2D eigenvalue weighted by Gasteiger charge is -2.18. The highest BCUT2D eigenvalue weighted by atomic mass is 16.2. The van der Waals surface area contributed by atoms with Crippen LogP contribution in [0.3, 0.4) is 0 Å². The van der Waals surface area contributed by atoms with Gasteiger partial charge in [0.25, 0.3) is 0 Å². The maximum absolute atomic E-state index is 13.0. The SMILES string of the molecule is CN(C)CCNC(=O)C1(c2cc(-c3ccc(N)cc3)c3c(N)nn(C)c3n2)CC1. The smallest absolute Gasteiger partial charge is 0.232 e. The van der Waals surface area contributed by atoms with Gasteiger partial charge in [0.1, 0.15) is 0 Å². The molecule has 3 aromatic rings. The second-order valence-electron chi connectivity index (χ2n) is 8.03. The van der Waals surface area contributed by atoms with E-state index in [2.05, 4.69) is 10.4 Å². The first-order valence-electron chi connectivity index (χ1n) is 9.74. The van der Waals surface area contributed by atoms with Crippen molar-refractivity contribution >= 4 is 28.4 Å². The Morgan fingerprint density at radius 2 is 1.93 bits per heavy atom. The molecule has 5 N–H and O–H groups in total. The van der Waals surface area contributed by atoms with Crippen molar-refractivity contribution in [1.29, 1.82) is 0 Å². The highest BCUT2D eigenvalue weighted by Crippen LogP contribution is 2.49. The number of aryl methyl sites for hydroxylation is 1. The van der Waals surface area contributed by atoms with Crippen LogP contribution in [0.2, 0.25) is 0 Å². The zero-order valence-electron chi connectivity index (χ0n) is 17.1. The number of aromatic nitrogens is 3. The number of likely N-dealkylation sites (N-methyl/N-ethyl adjacent to an activating group) is 1. The number of rotatable bonds is 6. The quantitative estimate of drug-likeness (QED) is 0.547. The van der Waals surface area contributed by atoms with Gasteiger partial charge in [-0.15, -0.1) is 0 Å². The molecule has 0 saturated heterocycles. The second-order valence-corrected chi connectivity index (χ2v) is 8.03. The van der Waals surface area contributed by atoms with Gasteiger partial charge in [0.15, 0.2) is 11.5 Å². The lowest BCUT2D eigenvalue weighted by atomic mass is 9.95. The Balaban J connectivity index is 1.79. The van der Waals surface area contributed by atoms with Crippen LogP contribution in [0, 0.1) is 0 Å². The third kappa shape index (κ3) is 3.40. The minimum absolute atomic E-state index is 0.0320. The summed E-state index contributed by atoms with van der Waals surface area (Å²) in [5.41, 5.74) is 15.5. The number of amides is 1. The maximum Gasteiger partial charge on any atom is 0.232 e. The molecule has 1 aliphatic carbocycles. The molecule has 2 heterocycles. The average Bonchev–Trinajstić information content (AvgIpc) is 3.44. The molecule has 4 rings (SSSR count). The van der Waals surface area contributed by atoms with Gasteiger partial charge in [-0.1, -0.05) is 12.1 Å². The Morgan fingerprint density at radius 1 is 1.24 bits per heavy atom. The Hall–Kier alpha value is -3.13. The van der Waals surface area contributed by atoms with Crippen LogP contribution in [-0.2, 0) is 17.3 Å². The van der Waals surface area contributed by atoms with Crippen molar-refractivity contribution in [3.8, 4) is 11.1 Å². The van der Waals surface area contributed by atoms with Gasteiger partial charge in [-0.25, -0.2) is 9.67 Å². The fourth-order valence-corrected chi connectivity index (χ4v) is 3.70. The molecule has 0 aliphatic heterocycles. The number of carbonyl (C=O) groups excluding carboxylic acids is 1. The normalized spacial score (nSPS) is 15.0. The molecule has 0 unspecified atom stereocenters. The van der Waals surface area contributed by atoms with Gasteiger partial charge >= 0.3 is 0 Å². The van der Waals surface area contributed by atoms with Crippen molar-refractivity contribution in [2.24, 2.45) is 7.05 Å². The van der Waals surface area contributed by atoms with E-state index in [4.69, 9.17) is 16.5 Å². The first kappa shape index (κ1) is 19.2. The fraction of sp³-hybridized carbons (Fsp3) is 0.381. The van der Waals surface area contributed by atoms with Crippen LogP contribution < -0.4 is 16.8 Å². The first-order valence-corrected chi connectivity index (χ1v) is 9.74. The monoisotopic (exact) mass is 393 g/mol. The third-order valence-electron chi connectivity index (χ3n) is 5.56. The van der Waals surface area contributed by atoms with Gasteiger partial charge in [-0.3, -0.25) is 4.79 Å². The number of hydrogen-bond acceptors (Lipinski definition) is 6. The number of fused-ring (bicyclic) bond motifs is 1. The Kier molecular flexibility index (Phi) is 4.66. The molecule has 1 fully saturated rings. The van der Waals surface area contributed by atoms with Crippen LogP contribution in [0.25, 0.3) is 22.2 Å². The average molecular weight is 393 g/mol. The number of anilines is 2. The lowest BCUT2D eigenvalue weighted by Crippen LogP contribution is -2.38. The van der Waals surface area contributed by atoms with Gasteiger partial charge in [0, 0.05) is 25.8 Å². The molecular formula is C21H27N7O. The van der Waals surface area contributed by atoms with Gasteiger partial charge in [0.05, 0.1) is 16.5 Å². The number of nitrogens with two attached hydrogens (primary N) is 2. The number of benzene rings is 1. The molecule has 1 saturated carbocycles. The molecule has 1 aliphatic rings. The summed E-state index contributed by atoms with van der Waals surface area (Å²) in [6.45, 7) is 1.41. The molecule has 2 aromatic heterocycles. The molecule has 8 nitrogen and oxygen atoms in total. The van der Waals surface area contributed by atoms with Crippen molar-refractivity contribution in [3.63, 3.8) is 0 Å². The van der Waals surface area contributed by atoms with Crippen molar-refractivity contribution in [2.75, 3.05) is 38.7 Å². The zero-order chi connectivity index (χ0) is 20.8. The summed E-state index contributed by atoms with van der Waals surface area (Å²) in [5, 5.41) is 8.21. The van der Waals surface area contributed by atoms with E-state index in [9.17, 15) is 4.79 Å². The maximum atomic E-state index is 13.0. The minimum atomic E-state index is -0.581. The van der Waals surface area contributed by atoms with Crippen LogP contribution in [-0.4, -0.2) is 52.8 Å². The molecule has 0 atom stereocenters. The largest absolute Gasteiger partial charge is 0.399 e. The second kappa shape index (κ2) is 7.04. The Labute approximate surface area is 169 Å². The number of pyridine rings is 1. The van der Waals surface area contributed by atoms with E-state index in [-0.39, 0.29) is 5.91 Å². The fourth-order valence-electron chi connectivity index (χ4n) is 3.70. The predicted octanol–water partition coefficient (Wildman–Crippen LogP) is 1.51. The van der Waals surface area contributed by atoms with E-state index < -0.39 is 5.41 Å².